The Morgan fingerprint density at radius 3 is 2.38 bits per heavy atom. The third-order valence-electron chi connectivity index (χ3n) is 5.73. The molecule has 2 atom stereocenters. The van der Waals surface area contributed by atoms with Crippen LogP contribution in [0.25, 0.3) is 0 Å². The van der Waals surface area contributed by atoms with Gasteiger partial charge in [0.2, 0.25) is 6.79 Å². The average Bonchev–Trinajstić information content (AvgIpc) is 3.14. The smallest absolute Gasteiger partial charge is 0.231 e. The van der Waals surface area contributed by atoms with Crippen LogP contribution in [0.15, 0.2) is 42.5 Å². The molecular weight excluding hydrogens is 328 g/mol. The Labute approximate surface area is 154 Å². The zero-order valence-electron chi connectivity index (χ0n) is 15.1. The highest BCUT2D eigenvalue weighted by Crippen LogP contribution is 2.47. The minimum Gasteiger partial charge on any atom is -0.475 e. The van der Waals surface area contributed by atoms with E-state index in [4.69, 9.17) is 14.2 Å². The number of hydrogen-bond donors (Lipinski definition) is 0. The fraction of sp³-hybridized carbons (Fsp3) is 0.429. The number of piperazine rings is 1. The van der Waals surface area contributed by atoms with Gasteiger partial charge in [-0.05, 0) is 18.7 Å². The molecular formula is C21H24N2O3. The molecule has 3 aliphatic heterocycles. The predicted octanol–water partition coefficient (Wildman–Crippen LogP) is 2.90. The summed E-state index contributed by atoms with van der Waals surface area (Å²) in [6.07, 6.45) is 1.06. The van der Waals surface area contributed by atoms with E-state index in [0.717, 1.165) is 49.8 Å². The van der Waals surface area contributed by atoms with Crippen LogP contribution in [0.1, 0.15) is 23.5 Å². The summed E-state index contributed by atoms with van der Waals surface area (Å²) in [6.45, 7) is 4.55. The van der Waals surface area contributed by atoms with Crippen LogP contribution < -0.4 is 14.2 Å². The van der Waals surface area contributed by atoms with Crippen LogP contribution in [-0.2, 0) is 0 Å². The first-order valence-corrected chi connectivity index (χ1v) is 9.35. The van der Waals surface area contributed by atoms with E-state index in [9.17, 15) is 0 Å². The summed E-state index contributed by atoms with van der Waals surface area (Å²) in [5.74, 6) is 2.85. The monoisotopic (exact) mass is 352 g/mol. The maximum Gasteiger partial charge on any atom is 0.231 e. The minimum absolute atomic E-state index is 0.0989. The van der Waals surface area contributed by atoms with Crippen molar-refractivity contribution in [2.45, 2.75) is 18.6 Å². The predicted molar refractivity (Wildman–Crippen MR) is 99.0 cm³/mol. The van der Waals surface area contributed by atoms with Gasteiger partial charge in [-0.25, -0.2) is 0 Å². The largest absolute Gasteiger partial charge is 0.475 e. The van der Waals surface area contributed by atoms with Crippen molar-refractivity contribution in [1.82, 2.24) is 9.80 Å². The lowest BCUT2D eigenvalue weighted by Crippen LogP contribution is -2.52. The Hall–Kier alpha value is -2.24. The van der Waals surface area contributed by atoms with Crippen molar-refractivity contribution in [1.29, 1.82) is 0 Å². The van der Waals surface area contributed by atoms with Crippen LogP contribution in [0, 0.1) is 0 Å². The van der Waals surface area contributed by atoms with Gasteiger partial charge >= 0.3 is 0 Å². The zero-order chi connectivity index (χ0) is 17.5. The molecule has 0 N–H and O–H groups in total. The molecule has 0 unspecified atom stereocenters. The third-order valence-corrected chi connectivity index (χ3v) is 5.73. The minimum atomic E-state index is 0.0989. The number of hydrogen-bond acceptors (Lipinski definition) is 5. The van der Waals surface area contributed by atoms with Crippen LogP contribution >= 0.6 is 0 Å². The first kappa shape index (κ1) is 16.0. The molecule has 5 heteroatoms. The lowest BCUT2D eigenvalue weighted by atomic mass is 9.85. The molecule has 5 rings (SSSR count). The Kier molecular flexibility index (Phi) is 3.98. The molecule has 0 saturated carbocycles. The van der Waals surface area contributed by atoms with Gasteiger partial charge in [0.25, 0.3) is 0 Å². The molecule has 2 aromatic rings. The molecule has 0 bridgehead atoms. The summed E-state index contributed by atoms with van der Waals surface area (Å²) in [4.78, 5) is 4.85. The summed E-state index contributed by atoms with van der Waals surface area (Å²) in [7, 11) is 2.18. The zero-order valence-corrected chi connectivity index (χ0v) is 15.1. The molecule has 0 aromatic heterocycles. The van der Waals surface area contributed by atoms with Gasteiger partial charge in [0.05, 0.1) is 0 Å². The number of benzene rings is 2. The second kappa shape index (κ2) is 6.49. The van der Waals surface area contributed by atoms with Crippen molar-refractivity contribution < 1.29 is 14.2 Å². The summed E-state index contributed by atoms with van der Waals surface area (Å²) < 4.78 is 17.6. The Morgan fingerprint density at radius 1 is 0.885 bits per heavy atom. The van der Waals surface area contributed by atoms with Gasteiger partial charge in [-0.3, -0.25) is 4.90 Å². The number of nitrogens with zero attached hydrogens (tertiary/aromatic N) is 2. The van der Waals surface area contributed by atoms with E-state index in [2.05, 4.69) is 53.2 Å². The molecule has 1 saturated heterocycles. The normalized spacial score (nSPS) is 25.6. The van der Waals surface area contributed by atoms with Gasteiger partial charge in [0, 0.05) is 50.1 Å². The van der Waals surface area contributed by atoms with Crippen molar-refractivity contribution in [2.75, 3.05) is 40.0 Å². The molecule has 5 nitrogen and oxygen atoms in total. The Balaban J connectivity index is 1.51. The molecule has 26 heavy (non-hydrogen) atoms. The van der Waals surface area contributed by atoms with Gasteiger partial charge in [0.1, 0.15) is 5.75 Å². The lowest BCUT2D eigenvalue weighted by Gasteiger charge is -2.42. The highest BCUT2D eigenvalue weighted by atomic mass is 16.7. The number of rotatable bonds is 2. The van der Waals surface area contributed by atoms with Gasteiger partial charge in [-0.15, -0.1) is 0 Å². The second-order valence-corrected chi connectivity index (χ2v) is 7.35. The molecule has 1 fully saturated rings. The van der Waals surface area contributed by atoms with Crippen molar-refractivity contribution in [2.24, 2.45) is 0 Å². The molecule has 0 spiro atoms. The van der Waals surface area contributed by atoms with Crippen molar-refractivity contribution >= 4 is 0 Å². The quantitative estimate of drug-likeness (QED) is 0.830. The number of likely N-dealkylation sites (N-methyl/N-ethyl adjacent to an activating group) is 1. The van der Waals surface area contributed by atoms with Crippen LogP contribution in [-0.4, -0.2) is 56.0 Å². The van der Waals surface area contributed by atoms with Gasteiger partial charge in [-0.2, -0.15) is 0 Å². The van der Waals surface area contributed by atoms with E-state index >= 15 is 0 Å². The van der Waals surface area contributed by atoms with Gasteiger partial charge in [0.15, 0.2) is 17.7 Å². The lowest BCUT2D eigenvalue weighted by molar-refractivity contribution is -0.0190. The van der Waals surface area contributed by atoms with Crippen LogP contribution in [0.2, 0.25) is 0 Å². The van der Waals surface area contributed by atoms with E-state index < -0.39 is 0 Å². The van der Waals surface area contributed by atoms with Crippen LogP contribution in [0.4, 0.5) is 0 Å². The second-order valence-electron chi connectivity index (χ2n) is 7.35. The maximum atomic E-state index is 6.46. The first-order chi connectivity index (χ1) is 12.8. The fourth-order valence-corrected chi connectivity index (χ4v) is 4.17. The van der Waals surface area contributed by atoms with Crippen molar-refractivity contribution in [3.63, 3.8) is 0 Å². The molecule has 136 valence electrons. The van der Waals surface area contributed by atoms with Gasteiger partial charge < -0.3 is 19.1 Å². The molecule has 0 amide bonds. The number of fused-ring (bicyclic) bond motifs is 2. The van der Waals surface area contributed by atoms with E-state index in [1.807, 2.05) is 6.07 Å². The summed E-state index contributed by atoms with van der Waals surface area (Å²) in [5, 5.41) is 0. The molecule has 3 heterocycles. The fourth-order valence-electron chi connectivity index (χ4n) is 4.17. The summed E-state index contributed by atoms with van der Waals surface area (Å²) >= 11 is 0. The Morgan fingerprint density at radius 2 is 1.62 bits per heavy atom. The van der Waals surface area contributed by atoms with E-state index in [1.54, 1.807) is 0 Å². The average molecular weight is 352 g/mol. The van der Waals surface area contributed by atoms with Crippen LogP contribution in [0.5, 0.6) is 17.2 Å². The van der Waals surface area contributed by atoms with E-state index in [0.29, 0.717) is 5.92 Å². The molecule has 3 aliphatic rings. The topological polar surface area (TPSA) is 34.2 Å². The highest BCUT2D eigenvalue weighted by Gasteiger charge is 2.35. The highest BCUT2D eigenvalue weighted by molar-refractivity contribution is 5.55. The Bertz CT molecular complexity index is 787. The standard InChI is InChI=1S/C21H24N2O3/c1-22-7-9-23(10-8-22)21-12-16(15-5-3-2-4-6-15)17-11-19-20(25-14-24-19)13-18(17)26-21/h2-6,11,13,16,21H,7-10,12,14H2,1H3/t16-,21-/m1/s1. The molecule has 0 aliphatic carbocycles. The number of ether oxygens (including phenoxy) is 3. The summed E-state index contributed by atoms with van der Waals surface area (Å²) in [5.41, 5.74) is 2.53. The van der Waals surface area contributed by atoms with Crippen molar-refractivity contribution in [3.8, 4) is 17.2 Å². The first-order valence-electron chi connectivity index (χ1n) is 9.35. The van der Waals surface area contributed by atoms with E-state index in [-0.39, 0.29) is 13.0 Å². The maximum absolute atomic E-state index is 6.46. The van der Waals surface area contributed by atoms with Crippen molar-refractivity contribution in [3.05, 3.63) is 53.6 Å². The summed E-state index contributed by atoms with van der Waals surface area (Å²) in [6, 6.07) is 14.8. The molecule has 0 radical (unpaired) electrons. The van der Waals surface area contributed by atoms with Gasteiger partial charge in [-0.1, -0.05) is 30.3 Å². The molecule has 2 aromatic carbocycles. The van der Waals surface area contributed by atoms with Crippen LogP contribution in [0.3, 0.4) is 0 Å². The van der Waals surface area contributed by atoms with E-state index in [1.165, 1.54) is 11.1 Å². The SMILES string of the molecule is CN1CCN([C@H]2C[C@H](c3ccccc3)c3cc4c(cc3O2)OCO4)CC1. The third kappa shape index (κ3) is 2.81.